The van der Waals surface area contributed by atoms with Gasteiger partial charge in [-0.2, -0.15) is 0 Å². The lowest BCUT2D eigenvalue weighted by Gasteiger charge is -2.25. The molecule has 0 aliphatic carbocycles. The number of rotatable bonds is 10. The molecule has 4 aromatic heterocycles. The van der Waals surface area contributed by atoms with Gasteiger partial charge in [0.25, 0.3) is 0 Å². The van der Waals surface area contributed by atoms with Crippen molar-refractivity contribution in [1.29, 1.82) is 0 Å². The van der Waals surface area contributed by atoms with Crippen molar-refractivity contribution < 1.29 is 9.52 Å². The monoisotopic (exact) mass is 970 g/mol. The van der Waals surface area contributed by atoms with E-state index in [4.69, 9.17) is 19.4 Å². The first-order valence-electron chi connectivity index (χ1n) is 25.6. The summed E-state index contributed by atoms with van der Waals surface area (Å²) in [7, 11) is -1.90. The summed E-state index contributed by atoms with van der Waals surface area (Å²) in [6.07, 6.45) is 1.92. The minimum absolute atomic E-state index is 0.148. The van der Waals surface area contributed by atoms with Gasteiger partial charge in [-0.15, -0.1) is 0 Å². The molecule has 0 fully saturated rings. The van der Waals surface area contributed by atoms with E-state index in [0.29, 0.717) is 22.6 Å². The number of furan rings is 1. The molecule has 0 aliphatic heterocycles. The number of pyridine rings is 2. The van der Waals surface area contributed by atoms with Gasteiger partial charge < -0.3 is 9.52 Å². The normalized spacial score (nSPS) is 12.3. The second-order valence-corrected chi connectivity index (χ2v) is 27.3. The Morgan fingerprint density at radius 2 is 1.19 bits per heavy atom. The lowest BCUT2D eigenvalue weighted by atomic mass is 9.83. The summed E-state index contributed by atoms with van der Waals surface area (Å²) in [6.45, 7) is 22.7. The SMILES string of the molecule is CC(C)c1cccc(C(C)C)c1-n1c(-c2c(O)c(C(C)(C)C)cc3c2oc2cc(-c4ccccc4)nc(-c4ccccc4)c23)nc2c(-c3cc(-c4cc(-c5ccccc5)ccn4)cc([Si](C)(C)C)c3)cccc21. The number of para-hydroxylation sites is 2. The molecular weight excluding hydrogens is 909 g/mol. The van der Waals surface area contributed by atoms with E-state index >= 15 is 0 Å². The van der Waals surface area contributed by atoms with E-state index in [2.05, 4.69) is 212 Å². The van der Waals surface area contributed by atoms with Gasteiger partial charge in [-0.3, -0.25) is 9.55 Å². The van der Waals surface area contributed by atoms with Gasteiger partial charge in [-0.05, 0) is 75.4 Å². The number of fused-ring (bicyclic) bond motifs is 4. The Kier molecular flexibility index (Phi) is 11.9. The highest BCUT2D eigenvalue weighted by Crippen LogP contribution is 2.51. The predicted molar refractivity (Wildman–Crippen MR) is 308 cm³/mol. The van der Waals surface area contributed by atoms with Crippen LogP contribution < -0.4 is 5.19 Å². The third-order valence-corrected chi connectivity index (χ3v) is 16.4. The minimum Gasteiger partial charge on any atom is -0.507 e. The molecule has 73 heavy (non-hydrogen) atoms. The molecular formula is C66H62N4O2Si. The van der Waals surface area contributed by atoms with Gasteiger partial charge in [-0.25, -0.2) is 9.97 Å². The maximum Gasteiger partial charge on any atom is 0.153 e. The van der Waals surface area contributed by atoms with Crippen LogP contribution in [-0.2, 0) is 5.41 Å². The third-order valence-electron chi connectivity index (χ3n) is 14.4. The molecule has 11 rings (SSSR count). The molecule has 0 aliphatic rings. The molecule has 6 nitrogen and oxygen atoms in total. The molecule has 4 heterocycles. The van der Waals surface area contributed by atoms with Crippen LogP contribution in [0.15, 0.2) is 180 Å². The standard InChI is InChI=1S/C66H62N4O2Si/c1-40(2)49-28-20-29-50(41(3)4)62(49)70-56-31-21-30-51(46-34-47(36-48(35-46)73(8,9)10)54-37-45(32-33-67-54)42-22-14-11-15-23-42)61(56)69-65(70)59-63(71)53(66(5,6)7)38-52-58-57(72-64(52)59)39-55(43-24-16-12-17-25-43)68-60(58)44-26-18-13-19-27-44/h11-41,71H,1-10H3. The lowest BCUT2D eigenvalue weighted by molar-refractivity contribution is 0.448. The summed E-state index contributed by atoms with van der Waals surface area (Å²) >= 11 is 0. The molecule has 0 atom stereocenters. The van der Waals surface area contributed by atoms with Gasteiger partial charge in [0.05, 0.1) is 47.3 Å². The third kappa shape index (κ3) is 8.55. The van der Waals surface area contributed by atoms with Crippen LogP contribution in [0.5, 0.6) is 5.75 Å². The molecule has 11 aromatic rings. The van der Waals surface area contributed by atoms with Gasteiger partial charge in [-0.1, -0.05) is 207 Å². The lowest BCUT2D eigenvalue weighted by Crippen LogP contribution is -2.37. The zero-order valence-corrected chi connectivity index (χ0v) is 44.5. The summed E-state index contributed by atoms with van der Waals surface area (Å²) in [5.41, 5.74) is 17.3. The van der Waals surface area contributed by atoms with E-state index in [0.717, 1.165) is 89.1 Å². The molecule has 7 heteroatoms. The zero-order chi connectivity index (χ0) is 50.9. The summed E-state index contributed by atoms with van der Waals surface area (Å²) < 4.78 is 9.60. The van der Waals surface area contributed by atoms with E-state index < -0.39 is 13.5 Å². The van der Waals surface area contributed by atoms with Crippen LogP contribution in [-0.4, -0.2) is 32.7 Å². The highest BCUT2D eigenvalue weighted by Gasteiger charge is 2.33. The Balaban J connectivity index is 1.27. The highest BCUT2D eigenvalue weighted by molar-refractivity contribution is 6.88. The van der Waals surface area contributed by atoms with Crippen molar-refractivity contribution in [3.8, 4) is 78.9 Å². The van der Waals surface area contributed by atoms with Gasteiger partial charge >= 0.3 is 0 Å². The fourth-order valence-electron chi connectivity index (χ4n) is 10.5. The largest absolute Gasteiger partial charge is 0.507 e. The molecule has 0 spiro atoms. The van der Waals surface area contributed by atoms with E-state index in [1.54, 1.807) is 0 Å². The van der Waals surface area contributed by atoms with Crippen molar-refractivity contribution in [2.24, 2.45) is 0 Å². The van der Waals surface area contributed by atoms with Crippen molar-refractivity contribution in [2.75, 3.05) is 0 Å². The number of benzene rings is 7. The van der Waals surface area contributed by atoms with E-state index in [1.165, 1.54) is 16.3 Å². The van der Waals surface area contributed by atoms with Gasteiger partial charge in [0, 0.05) is 45.5 Å². The predicted octanol–water partition coefficient (Wildman–Crippen LogP) is 17.5. The van der Waals surface area contributed by atoms with E-state index in [1.807, 2.05) is 36.5 Å². The van der Waals surface area contributed by atoms with Crippen LogP contribution in [0.3, 0.4) is 0 Å². The van der Waals surface area contributed by atoms with Gasteiger partial charge in [0.2, 0.25) is 0 Å². The first-order valence-corrected chi connectivity index (χ1v) is 29.1. The second kappa shape index (κ2) is 18.3. The molecule has 0 amide bonds. The smallest absolute Gasteiger partial charge is 0.153 e. The van der Waals surface area contributed by atoms with Crippen LogP contribution in [0.1, 0.15) is 77.0 Å². The fraction of sp³-hybridized carbons (Fsp3) is 0.197. The van der Waals surface area contributed by atoms with Crippen molar-refractivity contribution in [3.05, 3.63) is 193 Å². The number of hydrogen-bond donors (Lipinski definition) is 1. The summed E-state index contributed by atoms with van der Waals surface area (Å²) in [5, 5.41) is 16.3. The first-order chi connectivity index (χ1) is 35.0. The molecule has 0 radical (unpaired) electrons. The second-order valence-electron chi connectivity index (χ2n) is 22.2. The Morgan fingerprint density at radius 3 is 1.82 bits per heavy atom. The Labute approximate surface area is 430 Å². The van der Waals surface area contributed by atoms with Crippen molar-refractivity contribution in [1.82, 2.24) is 19.5 Å². The minimum atomic E-state index is -1.90. The fourth-order valence-corrected chi connectivity index (χ4v) is 11.7. The molecule has 0 saturated carbocycles. The molecule has 7 aromatic carbocycles. The highest BCUT2D eigenvalue weighted by atomic mass is 28.3. The number of hydrogen-bond acceptors (Lipinski definition) is 5. The number of aromatic hydroxyl groups is 1. The topological polar surface area (TPSA) is 77.0 Å². The maximum atomic E-state index is 13.2. The summed E-state index contributed by atoms with van der Waals surface area (Å²) in [5.74, 6) is 1.11. The van der Waals surface area contributed by atoms with Gasteiger partial charge in [0.15, 0.2) is 5.82 Å². The van der Waals surface area contributed by atoms with Crippen LogP contribution in [0.4, 0.5) is 0 Å². The number of imidazole rings is 1. The molecule has 362 valence electrons. The molecule has 0 bridgehead atoms. The number of phenols is 1. The Morgan fingerprint density at radius 1 is 0.575 bits per heavy atom. The zero-order valence-electron chi connectivity index (χ0n) is 43.5. The molecule has 1 N–H and O–H groups in total. The van der Waals surface area contributed by atoms with Crippen molar-refractivity contribution in [2.45, 2.75) is 85.4 Å². The average Bonchev–Trinajstić information content (AvgIpc) is 3.96. The Bertz CT molecular complexity index is 3850. The first kappa shape index (κ1) is 47.5. The van der Waals surface area contributed by atoms with Crippen LogP contribution in [0, 0.1) is 0 Å². The summed E-state index contributed by atoms with van der Waals surface area (Å²) in [6, 6.07) is 59.8. The Hall–Kier alpha value is -7.87. The van der Waals surface area contributed by atoms with Crippen LogP contribution in [0.25, 0.3) is 106 Å². The van der Waals surface area contributed by atoms with Crippen LogP contribution >= 0.6 is 0 Å². The van der Waals surface area contributed by atoms with E-state index in [9.17, 15) is 5.11 Å². The maximum absolute atomic E-state index is 13.2. The number of phenolic OH excluding ortho intramolecular Hbond substituents is 1. The van der Waals surface area contributed by atoms with Gasteiger partial charge in [0.1, 0.15) is 22.5 Å². The van der Waals surface area contributed by atoms with E-state index in [-0.39, 0.29) is 17.6 Å². The van der Waals surface area contributed by atoms with Crippen LogP contribution in [0.2, 0.25) is 19.6 Å². The quantitative estimate of drug-likeness (QED) is 0.138. The molecule has 0 unspecified atom stereocenters. The average molecular weight is 971 g/mol. The van der Waals surface area contributed by atoms with Crippen molar-refractivity contribution >= 4 is 46.2 Å². The summed E-state index contributed by atoms with van der Waals surface area (Å²) in [4.78, 5) is 16.3. The van der Waals surface area contributed by atoms with Crippen molar-refractivity contribution in [3.63, 3.8) is 0 Å². The number of aromatic nitrogens is 4. The number of nitrogens with zero attached hydrogens (tertiary/aromatic N) is 4. The molecule has 0 saturated heterocycles.